The van der Waals surface area contributed by atoms with Crippen LogP contribution in [0.25, 0.3) is 0 Å². The number of unbranched alkanes of at least 4 members (excludes halogenated alkanes) is 44. The fraction of sp³-hybridized carbons (Fsp3) is 0.892. The molecular weight excluding hydrogens is 1220 g/mol. The lowest BCUT2D eigenvalue weighted by atomic mass is 10.0. The van der Waals surface area contributed by atoms with Crippen LogP contribution in [0.3, 0.4) is 0 Å². The molecule has 548 valence electrons. The summed E-state index contributed by atoms with van der Waals surface area (Å²) < 4.78 is 68.2. The number of carbonyl (C=O) groups is 4. The van der Waals surface area contributed by atoms with E-state index in [0.29, 0.717) is 25.7 Å². The van der Waals surface area contributed by atoms with E-state index in [0.717, 1.165) is 116 Å². The normalized spacial score (nSPS) is 14.1. The van der Waals surface area contributed by atoms with Crippen LogP contribution in [0.1, 0.15) is 368 Å². The Morgan fingerprint density at radius 1 is 0.301 bits per heavy atom. The molecule has 0 radical (unpaired) electrons. The standard InChI is InChI=1S/C74H140O17P2/c1-5-9-13-17-21-25-27-29-31-32-33-34-35-36-38-40-42-45-49-53-57-61-74(79)91-70(65-85-72(77)59-55-51-47-44-41-39-37-30-28-26-22-18-14-10-6-2)67-89-93(82,83)87-63-68(75)62-86-92(80,81)88-66-69(64-84-71(76)58-54-50-46-24-20-16-12-8-4)90-73(78)60-56-52-48-43-23-19-15-11-7-3/h26,28,30,37,68-70,75H,5-25,27,29,31-36,38-67H2,1-4H3,(H,80,81)(H,82,83)/b28-26-,37-30-/t68-,69+,70+/m0/s1. The summed E-state index contributed by atoms with van der Waals surface area (Å²) in [7, 11) is -9.91. The molecule has 0 aliphatic carbocycles. The van der Waals surface area contributed by atoms with Crippen molar-refractivity contribution in [1.82, 2.24) is 0 Å². The first-order chi connectivity index (χ1) is 45.2. The smallest absolute Gasteiger partial charge is 0.462 e. The molecule has 19 heteroatoms. The summed E-state index contributed by atoms with van der Waals surface area (Å²) in [5, 5.41) is 10.6. The molecular formula is C74H140O17P2. The zero-order valence-corrected chi connectivity index (χ0v) is 61.5. The van der Waals surface area contributed by atoms with Gasteiger partial charge < -0.3 is 33.8 Å². The second kappa shape index (κ2) is 68.1. The summed E-state index contributed by atoms with van der Waals surface area (Å²) in [6.45, 7) is 4.85. The van der Waals surface area contributed by atoms with Gasteiger partial charge in [0.1, 0.15) is 19.3 Å². The summed E-state index contributed by atoms with van der Waals surface area (Å²) in [6, 6.07) is 0. The number of aliphatic hydroxyl groups is 1. The molecule has 0 aromatic heterocycles. The Balaban J connectivity index is 5.19. The predicted octanol–water partition coefficient (Wildman–Crippen LogP) is 21.4. The van der Waals surface area contributed by atoms with Crippen LogP contribution in [0.15, 0.2) is 24.3 Å². The van der Waals surface area contributed by atoms with Gasteiger partial charge in [-0.3, -0.25) is 37.3 Å². The Bertz CT molecular complexity index is 1870. The first-order valence-corrected chi connectivity index (χ1v) is 41.1. The Hall–Kier alpha value is -2.46. The van der Waals surface area contributed by atoms with Gasteiger partial charge in [-0.2, -0.15) is 0 Å². The molecule has 0 saturated carbocycles. The third-order valence-corrected chi connectivity index (χ3v) is 18.6. The fourth-order valence-corrected chi connectivity index (χ4v) is 12.4. The van der Waals surface area contributed by atoms with Crippen LogP contribution in [0, 0.1) is 0 Å². The Kier molecular flexibility index (Phi) is 66.3. The molecule has 3 N–H and O–H groups in total. The van der Waals surface area contributed by atoms with Crippen LogP contribution in [0.5, 0.6) is 0 Å². The highest BCUT2D eigenvalue weighted by Gasteiger charge is 2.30. The number of aliphatic hydroxyl groups excluding tert-OH is 1. The number of phosphoric ester groups is 2. The number of rotatable bonds is 73. The van der Waals surface area contributed by atoms with Gasteiger partial charge in [0, 0.05) is 25.7 Å². The van der Waals surface area contributed by atoms with E-state index in [2.05, 4.69) is 52.0 Å². The van der Waals surface area contributed by atoms with E-state index in [1.807, 2.05) is 0 Å². The van der Waals surface area contributed by atoms with E-state index in [4.69, 9.17) is 37.0 Å². The van der Waals surface area contributed by atoms with E-state index in [1.165, 1.54) is 173 Å². The van der Waals surface area contributed by atoms with Crippen molar-refractivity contribution in [2.24, 2.45) is 0 Å². The highest BCUT2D eigenvalue weighted by molar-refractivity contribution is 7.47. The van der Waals surface area contributed by atoms with Gasteiger partial charge in [-0.05, 0) is 51.4 Å². The maximum atomic E-state index is 13.1. The summed E-state index contributed by atoms with van der Waals surface area (Å²) in [4.78, 5) is 72.5. The molecule has 93 heavy (non-hydrogen) atoms. The molecule has 5 atom stereocenters. The van der Waals surface area contributed by atoms with E-state index in [9.17, 15) is 43.2 Å². The topological polar surface area (TPSA) is 237 Å². The van der Waals surface area contributed by atoms with E-state index >= 15 is 0 Å². The van der Waals surface area contributed by atoms with Crippen molar-refractivity contribution >= 4 is 39.5 Å². The quantitative estimate of drug-likeness (QED) is 0.0169. The van der Waals surface area contributed by atoms with Gasteiger partial charge in [0.05, 0.1) is 26.4 Å². The van der Waals surface area contributed by atoms with Gasteiger partial charge in [0.15, 0.2) is 12.2 Å². The summed E-state index contributed by atoms with van der Waals surface area (Å²) in [5.74, 6) is -2.15. The van der Waals surface area contributed by atoms with E-state index in [1.54, 1.807) is 0 Å². The highest BCUT2D eigenvalue weighted by Crippen LogP contribution is 2.45. The molecule has 0 spiro atoms. The number of phosphoric acid groups is 2. The third kappa shape index (κ3) is 67.9. The minimum atomic E-state index is -4.96. The number of allylic oxidation sites excluding steroid dienone is 4. The van der Waals surface area contributed by atoms with Crippen molar-refractivity contribution in [2.45, 2.75) is 386 Å². The number of esters is 4. The average molecular weight is 1360 g/mol. The monoisotopic (exact) mass is 1360 g/mol. The van der Waals surface area contributed by atoms with Crippen LogP contribution in [-0.2, 0) is 65.4 Å². The number of hydrogen-bond acceptors (Lipinski definition) is 15. The molecule has 0 heterocycles. The number of ether oxygens (including phenoxy) is 4. The van der Waals surface area contributed by atoms with Gasteiger partial charge in [0.25, 0.3) is 0 Å². The molecule has 0 fully saturated rings. The van der Waals surface area contributed by atoms with Crippen LogP contribution >= 0.6 is 15.6 Å². The molecule has 0 amide bonds. The second-order valence-corrected chi connectivity index (χ2v) is 28.9. The fourth-order valence-electron chi connectivity index (χ4n) is 10.9. The molecule has 0 aromatic rings. The van der Waals surface area contributed by atoms with Crippen LogP contribution in [0.2, 0.25) is 0 Å². The average Bonchev–Trinajstić information content (AvgIpc) is 2.98. The summed E-state index contributed by atoms with van der Waals surface area (Å²) in [5.41, 5.74) is 0. The van der Waals surface area contributed by atoms with Crippen molar-refractivity contribution in [2.75, 3.05) is 39.6 Å². The molecule has 0 rings (SSSR count). The van der Waals surface area contributed by atoms with Gasteiger partial charge in [-0.15, -0.1) is 0 Å². The zero-order chi connectivity index (χ0) is 68.2. The molecule has 0 aromatic carbocycles. The Morgan fingerprint density at radius 3 is 0.785 bits per heavy atom. The van der Waals surface area contributed by atoms with Crippen LogP contribution in [-0.4, -0.2) is 96.7 Å². The van der Waals surface area contributed by atoms with Gasteiger partial charge >= 0.3 is 39.5 Å². The van der Waals surface area contributed by atoms with Crippen LogP contribution < -0.4 is 0 Å². The lowest BCUT2D eigenvalue weighted by molar-refractivity contribution is -0.161. The maximum absolute atomic E-state index is 13.1. The summed E-state index contributed by atoms with van der Waals surface area (Å²) in [6.07, 6.45) is 60.7. The van der Waals surface area contributed by atoms with Gasteiger partial charge in [-0.1, -0.05) is 315 Å². The number of carbonyl (C=O) groups excluding carboxylic acids is 4. The minimum absolute atomic E-state index is 0.102. The van der Waals surface area contributed by atoms with Crippen molar-refractivity contribution in [3.63, 3.8) is 0 Å². The van der Waals surface area contributed by atoms with E-state index in [-0.39, 0.29) is 25.7 Å². The molecule has 17 nitrogen and oxygen atoms in total. The highest BCUT2D eigenvalue weighted by atomic mass is 31.2. The minimum Gasteiger partial charge on any atom is -0.462 e. The maximum Gasteiger partial charge on any atom is 0.472 e. The first-order valence-electron chi connectivity index (χ1n) is 38.1. The van der Waals surface area contributed by atoms with Crippen molar-refractivity contribution in [1.29, 1.82) is 0 Å². The van der Waals surface area contributed by atoms with Gasteiger partial charge in [-0.25, -0.2) is 9.13 Å². The first kappa shape index (κ1) is 90.5. The van der Waals surface area contributed by atoms with Crippen LogP contribution in [0.4, 0.5) is 0 Å². The number of hydrogen-bond donors (Lipinski definition) is 3. The molecule has 0 bridgehead atoms. The lowest BCUT2D eigenvalue weighted by Crippen LogP contribution is -2.30. The predicted molar refractivity (Wildman–Crippen MR) is 377 cm³/mol. The largest absolute Gasteiger partial charge is 0.472 e. The Labute approximate surface area is 567 Å². The van der Waals surface area contributed by atoms with Gasteiger partial charge in [0.2, 0.25) is 0 Å². The Morgan fingerprint density at radius 2 is 0.516 bits per heavy atom. The second-order valence-electron chi connectivity index (χ2n) is 26.0. The SMILES string of the molecule is CCCCCC/C=C\C=C/CCCCCCCC(=O)OC[C@H](COP(=O)(O)OC[C@@H](O)COP(=O)(O)OC[C@@H](COC(=O)CCCCCCCCCC)OC(=O)CCCCCCCCCCC)OC(=O)CCCCCCCCCCCCCCCCCCCCCCC. The third-order valence-electron chi connectivity index (χ3n) is 16.7. The van der Waals surface area contributed by atoms with Crippen molar-refractivity contribution < 1.29 is 80.2 Å². The van der Waals surface area contributed by atoms with Crippen molar-refractivity contribution in [3.05, 3.63) is 24.3 Å². The van der Waals surface area contributed by atoms with Crippen molar-refractivity contribution in [3.8, 4) is 0 Å². The lowest BCUT2D eigenvalue weighted by Gasteiger charge is -2.21. The molecule has 0 saturated heterocycles. The summed E-state index contributed by atoms with van der Waals surface area (Å²) >= 11 is 0. The zero-order valence-electron chi connectivity index (χ0n) is 59.7. The molecule has 2 unspecified atom stereocenters. The molecule has 0 aliphatic heterocycles. The molecule has 0 aliphatic rings. The van der Waals surface area contributed by atoms with E-state index < -0.39 is 97.5 Å².